The lowest BCUT2D eigenvalue weighted by atomic mass is 9.77. The number of tetrazole rings is 1. The number of rotatable bonds is 5. The van der Waals surface area contributed by atoms with Crippen molar-refractivity contribution in [2.75, 3.05) is 29.1 Å². The van der Waals surface area contributed by atoms with Gasteiger partial charge in [-0.15, -0.1) is 0 Å². The van der Waals surface area contributed by atoms with Crippen LogP contribution in [0.4, 0.5) is 17.5 Å². The van der Waals surface area contributed by atoms with Crippen LogP contribution in [-0.4, -0.2) is 55.6 Å². The molecule has 0 spiro atoms. The summed E-state index contributed by atoms with van der Waals surface area (Å²) in [6, 6.07) is 8.08. The van der Waals surface area contributed by atoms with Crippen LogP contribution in [0.1, 0.15) is 53.9 Å². The number of H-pyrrole nitrogens is 1. The van der Waals surface area contributed by atoms with Gasteiger partial charge in [-0.05, 0) is 65.6 Å². The number of hydrogen-bond acceptors (Lipinski definition) is 9. The van der Waals surface area contributed by atoms with Crippen LogP contribution in [0, 0.1) is 5.92 Å². The molecular formula is C22H25N9O3. The van der Waals surface area contributed by atoms with Crippen molar-refractivity contribution in [2.24, 2.45) is 5.92 Å². The maximum atomic E-state index is 13.1. The molecule has 5 rings (SSSR count). The number of carbonyl (C=O) groups is 2. The lowest BCUT2D eigenvalue weighted by Crippen LogP contribution is -2.32. The number of nitrogen functional groups attached to an aromatic ring is 1. The van der Waals surface area contributed by atoms with Crippen LogP contribution in [0.5, 0.6) is 5.88 Å². The standard InChI is InChI=1S/C22H25N9O3/c23-19-18-20(25-12-24-19)34-10-9-31(21(18)33)16-7-5-15(6-8-16)14-3-1-13(2-4-14)11-17(32)26-22-27-29-30-28-22/h5-8,12-14H,1-4,9-11H2,(H2,23,24,25)(H2,26,27,28,29,30,32)/t13-,14-. The number of ether oxygens (including phenoxy) is 1. The van der Waals surface area contributed by atoms with E-state index in [0.29, 0.717) is 31.4 Å². The van der Waals surface area contributed by atoms with Gasteiger partial charge >= 0.3 is 0 Å². The molecule has 12 nitrogen and oxygen atoms in total. The predicted molar refractivity (Wildman–Crippen MR) is 122 cm³/mol. The van der Waals surface area contributed by atoms with Gasteiger partial charge in [0.2, 0.25) is 17.7 Å². The van der Waals surface area contributed by atoms with E-state index in [2.05, 4.69) is 48.0 Å². The molecule has 0 atom stereocenters. The molecule has 0 bridgehead atoms. The zero-order chi connectivity index (χ0) is 23.5. The molecule has 3 heterocycles. The summed E-state index contributed by atoms with van der Waals surface area (Å²) in [5, 5.41) is 15.8. The Morgan fingerprint density at radius 2 is 1.97 bits per heavy atom. The molecule has 1 aliphatic carbocycles. The number of carbonyl (C=O) groups excluding carboxylic acids is 2. The van der Waals surface area contributed by atoms with Gasteiger partial charge in [0.1, 0.15) is 24.3 Å². The van der Waals surface area contributed by atoms with Crippen LogP contribution in [0.2, 0.25) is 0 Å². The number of nitrogens with two attached hydrogens (primary N) is 1. The SMILES string of the molecule is Nc1ncnc2c1C(=O)N(c1ccc([C@H]3CC[C@H](CC(=O)Nc4nnn[nH]4)CC3)cc1)CCO2. The highest BCUT2D eigenvalue weighted by Gasteiger charge is 2.29. The second-order valence-electron chi connectivity index (χ2n) is 8.56. The number of nitrogens with zero attached hydrogens (tertiary/aromatic N) is 6. The van der Waals surface area contributed by atoms with Gasteiger partial charge < -0.3 is 15.4 Å². The van der Waals surface area contributed by atoms with E-state index in [9.17, 15) is 9.59 Å². The Kier molecular flexibility index (Phi) is 6.02. The molecule has 3 aromatic rings. The third kappa shape index (κ3) is 4.51. The zero-order valence-electron chi connectivity index (χ0n) is 18.5. The summed E-state index contributed by atoms with van der Waals surface area (Å²) in [5.74, 6) is 1.03. The Hall–Kier alpha value is -4.09. The number of benzene rings is 1. The Bertz CT molecular complexity index is 1160. The molecule has 1 fully saturated rings. The Morgan fingerprint density at radius 3 is 2.71 bits per heavy atom. The summed E-state index contributed by atoms with van der Waals surface area (Å²) in [6.45, 7) is 0.715. The summed E-state index contributed by atoms with van der Waals surface area (Å²) < 4.78 is 5.60. The Morgan fingerprint density at radius 1 is 1.18 bits per heavy atom. The first kappa shape index (κ1) is 21.7. The molecule has 2 aliphatic rings. The fourth-order valence-corrected chi connectivity index (χ4v) is 4.69. The van der Waals surface area contributed by atoms with Gasteiger partial charge in [-0.25, -0.2) is 15.1 Å². The maximum absolute atomic E-state index is 13.1. The van der Waals surface area contributed by atoms with Crippen LogP contribution in [0.25, 0.3) is 0 Å². The molecule has 0 saturated heterocycles. The van der Waals surface area contributed by atoms with E-state index in [1.54, 1.807) is 4.90 Å². The van der Waals surface area contributed by atoms with E-state index in [4.69, 9.17) is 10.5 Å². The van der Waals surface area contributed by atoms with Crippen LogP contribution in [0.15, 0.2) is 30.6 Å². The molecule has 2 aromatic heterocycles. The third-order valence-electron chi connectivity index (χ3n) is 6.45. The van der Waals surface area contributed by atoms with Crippen LogP contribution in [0.3, 0.4) is 0 Å². The van der Waals surface area contributed by atoms with E-state index in [-0.39, 0.29) is 35.0 Å². The van der Waals surface area contributed by atoms with Gasteiger partial charge in [-0.2, -0.15) is 0 Å². The number of aromatic nitrogens is 6. The normalized spacial score (nSPS) is 20.2. The molecule has 12 heteroatoms. The topological polar surface area (TPSA) is 165 Å². The van der Waals surface area contributed by atoms with Crippen molar-refractivity contribution in [3.63, 3.8) is 0 Å². The smallest absolute Gasteiger partial charge is 0.267 e. The second-order valence-corrected chi connectivity index (χ2v) is 8.56. The molecule has 34 heavy (non-hydrogen) atoms. The van der Waals surface area contributed by atoms with Gasteiger partial charge in [0.15, 0.2) is 0 Å². The first-order valence-electron chi connectivity index (χ1n) is 11.3. The summed E-state index contributed by atoms with van der Waals surface area (Å²) in [4.78, 5) is 34.9. The average molecular weight is 464 g/mol. The fourth-order valence-electron chi connectivity index (χ4n) is 4.69. The molecule has 1 aromatic carbocycles. The fraction of sp³-hybridized carbons (Fsp3) is 0.409. The van der Waals surface area contributed by atoms with Crippen molar-refractivity contribution in [1.82, 2.24) is 30.6 Å². The summed E-state index contributed by atoms with van der Waals surface area (Å²) in [6.07, 6.45) is 5.73. The van der Waals surface area contributed by atoms with E-state index in [1.807, 2.05) is 12.1 Å². The van der Waals surface area contributed by atoms with Crippen LogP contribution < -0.4 is 20.7 Å². The number of fused-ring (bicyclic) bond motifs is 1. The molecule has 1 saturated carbocycles. The van der Waals surface area contributed by atoms with Gasteiger partial charge in [0.05, 0.1) is 6.54 Å². The summed E-state index contributed by atoms with van der Waals surface area (Å²) in [5.41, 5.74) is 8.14. The highest BCUT2D eigenvalue weighted by molar-refractivity contribution is 6.10. The number of hydrogen-bond donors (Lipinski definition) is 3. The molecule has 0 radical (unpaired) electrons. The minimum atomic E-state index is -0.266. The molecular weight excluding hydrogens is 438 g/mol. The first-order valence-corrected chi connectivity index (χ1v) is 11.3. The van der Waals surface area contributed by atoms with E-state index in [1.165, 1.54) is 11.9 Å². The monoisotopic (exact) mass is 463 g/mol. The minimum Gasteiger partial charge on any atom is -0.475 e. The van der Waals surface area contributed by atoms with E-state index >= 15 is 0 Å². The summed E-state index contributed by atoms with van der Waals surface area (Å²) >= 11 is 0. The van der Waals surface area contributed by atoms with Gasteiger partial charge in [-0.1, -0.05) is 17.2 Å². The van der Waals surface area contributed by atoms with E-state index in [0.717, 1.165) is 31.4 Å². The van der Waals surface area contributed by atoms with Crippen molar-refractivity contribution < 1.29 is 14.3 Å². The summed E-state index contributed by atoms with van der Waals surface area (Å²) in [7, 11) is 0. The molecule has 2 amide bonds. The Balaban J connectivity index is 1.19. The first-order chi connectivity index (χ1) is 16.6. The molecule has 1 aliphatic heterocycles. The highest BCUT2D eigenvalue weighted by atomic mass is 16.5. The lowest BCUT2D eigenvalue weighted by molar-refractivity contribution is -0.117. The third-order valence-corrected chi connectivity index (χ3v) is 6.45. The lowest BCUT2D eigenvalue weighted by Gasteiger charge is -2.29. The number of nitrogens with one attached hydrogen (secondary N) is 2. The van der Waals surface area contributed by atoms with Gasteiger partial charge in [-0.3, -0.25) is 14.9 Å². The van der Waals surface area contributed by atoms with Gasteiger partial charge in [0, 0.05) is 12.1 Å². The van der Waals surface area contributed by atoms with E-state index < -0.39 is 0 Å². The number of anilines is 3. The Labute approximate surface area is 195 Å². The van der Waals surface area contributed by atoms with Crippen molar-refractivity contribution in [2.45, 2.75) is 38.0 Å². The maximum Gasteiger partial charge on any atom is 0.267 e. The second kappa shape index (κ2) is 9.41. The molecule has 176 valence electrons. The largest absolute Gasteiger partial charge is 0.475 e. The highest BCUT2D eigenvalue weighted by Crippen LogP contribution is 2.38. The average Bonchev–Trinajstić information content (AvgIpc) is 3.28. The van der Waals surface area contributed by atoms with Crippen molar-refractivity contribution in [3.05, 3.63) is 41.7 Å². The number of aromatic amines is 1. The van der Waals surface area contributed by atoms with Crippen molar-refractivity contribution in [3.8, 4) is 5.88 Å². The predicted octanol–water partition coefficient (Wildman–Crippen LogP) is 1.91. The zero-order valence-corrected chi connectivity index (χ0v) is 18.5. The van der Waals surface area contributed by atoms with Gasteiger partial charge in [0.25, 0.3) is 5.91 Å². The molecule has 0 unspecified atom stereocenters. The quantitative estimate of drug-likeness (QED) is 0.512. The van der Waals surface area contributed by atoms with Crippen molar-refractivity contribution >= 4 is 29.3 Å². The van der Waals surface area contributed by atoms with Crippen molar-refractivity contribution in [1.29, 1.82) is 0 Å². The number of amides is 2. The van der Waals surface area contributed by atoms with Crippen LogP contribution >= 0.6 is 0 Å². The molecule has 4 N–H and O–H groups in total. The minimum absolute atomic E-state index is 0.0786. The van der Waals surface area contributed by atoms with Crippen LogP contribution in [-0.2, 0) is 4.79 Å².